The van der Waals surface area contributed by atoms with E-state index >= 15 is 0 Å². The highest BCUT2D eigenvalue weighted by atomic mass is 16.2. The van der Waals surface area contributed by atoms with Crippen molar-refractivity contribution >= 4 is 16.8 Å². The summed E-state index contributed by atoms with van der Waals surface area (Å²) < 4.78 is 1.29. The molecule has 1 amide bonds. The molecule has 2 N–H and O–H groups in total. The summed E-state index contributed by atoms with van der Waals surface area (Å²) in [5.74, 6) is -0.0632. The van der Waals surface area contributed by atoms with Crippen molar-refractivity contribution in [2.24, 2.45) is 0 Å². The molecule has 1 heterocycles. The third-order valence-electron chi connectivity index (χ3n) is 3.03. The molecule has 0 aliphatic heterocycles. The van der Waals surface area contributed by atoms with Gasteiger partial charge in [0.15, 0.2) is 13.2 Å². The molecule has 1 aromatic carbocycles. The van der Waals surface area contributed by atoms with Crippen LogP contribution in [0.4, 0.5) is 0 Å². The van der Waals surface area contributed by atoms with E-state index in [-0.39, 0.29) is 30.2 Å². The molecule has 2 rings (SSSR count). The lowest BCUT2D eigenvalue weighted by Crippen LogP contribution is -3.10. The van der Waals surface area contributed by atoms with Crippen LogP contribution in [0.1, 0.15) is 20.8 Å². The number of hydrogen-bond donors (Lipinski definition) is 2. The van der Waals surface area contributed by atoms with Crippen LogP contribution in [0.3, 0.4) is 0 Å². The van der Waals surface area contributed by atoms with Gasteiger partial charge in [-0.25, -0.2) is 0 Å². The monoisotopic (exact) mass is 304 g/mol. The fraction of sp³-hybridized carbons (Fsp3) is 0.467. The van der Waals surface area contributed by atoms with Crippen molar-refractivity contribution < 1.29 is 9.69 Å². The summed E-state index contributed by atoms with van der Waals surface area (Å²) in [5.41, 5.74) is 0.116. The number of hydrogen-bond acceptors (Lipinski definition) is 4. The largest absolute Gasteiger partial charge is 0.347 e. The van der Waals surface area contributed by atoms with Gasteiger partial charge in [-0.15, -0.1) is 5.10 Å². The average molecular weight is 304 g/mol. The highest BCUT2D eigenvalue weighted by Gasteiger charge is 2.18. The molecule has 118 valence electrons. The Hall–Kier alpha value is -2.28. The van der Waals surface area contributed by atoms with Crippen LogP contribution in [0.15, 0.2) is 29.1 Å². The van der Waals surface area contributed by atoms with Crippen LogP contribution in [0.5, 0.6) is 0 Å². The highest BCUT2D eigenvalue weighted by molar-refractivity contribution is 5.77. The molecular formula is C15H22N5O2+. The van der Waals surface area contributed by atoms with E-state index in [2.05, 4.69) is 15.6 Å². The average Bonchev–Trinajstić information content (AvgIpc) is 2.40. The maximum absolute atomic E-state index is 12.3. The summed E-state index contributed by atoms with van der Waals surface area (Å²) >= 11 is 0. The second-order valence-corrected chi connectivity index (χ2v) is 6.50. The molecule has 1 aromatic heterocycles. The van der Waals surface area contributed by atoms with E-state index in [1.165, 1.54) is 4.68 Å². The topological polar surface area (TPSA) is 81.3 Å². The van der Waals surface area contributed by atoms with E-state index in [0.717, 1.165) is 4.90 Å². The molecule has 0 bridgehead atoms. The van der Waals surface area contributed by atoms with Gasteiger partial charge in [0.2, 0.25) is 0 Å². The van der Waals surface area contributed by atoms with Crippen molar-refractivity contribution in [2.75, 3.05) is 13.6 Å². The van der Waals surface area contributed by atoms with Gasteiger partial charge in [0.05, 0.1) is 12.4 Å². The molecule has 1 unspecified atom stereocenters. The second-order valence-electron chi connectivity index (χ2n) is 6.50. The number of amides is 1. The normalized spacial score (nSPS) is 13.1. The Kier molecular flexibility index (Phi) is 4.56. The molecule has 0 saturated carbocycles. The number of rotatable bonds is 4. The predicted molar refractivity (Wildman–Crippen MR) is 83.4 cm³/mol. The van der Waals surface area contributed by atoms with Crippen molar-refractivity contribution in [2.45, 2.75) is 33.0 Å². The fourth-order valence-electron chi connectivity index (χ4n) is 2.18. The van der Waals surface area contributed by atoms with E-state index in [1.54, 1.807) is 18.2 Å². The summed E-state index contributed by atoms with van der Waals surface area (Å²) in [7, 11) is 1.84. The van der Waals surface area contributed by atoms with Gasteiger partial charge in [0.25, 0.3) is 11.5 Å². The number of carbonyl (C=O) groups excluding carboxylic acids is 1. The zero-order valence-electron chi connectivity index (χ0n) is 13.4. The minimum absolute atomic E-state index is 0.0632. The Morgan fingerprint density at radius 3 is 2.68 bits per heavy atom. The van der Waals surface area contributed by atoms with Gasteiger partial charge in [-0.3, -0.25) is 9.59 Å². The van der Waals surface area contributed by atoms with Gasteiger partial charge < -0.3 is 10.2 Å². The Bertz CT molecular complexity index is 733. The lowest BCUT2D eigenvalue weighted by molar-refractivity contribution is -0.896. The Balaban J connectivity index is 2.09. The quantitative estimate of drug-likeness (QED) is 0.773. The Morgan fingerprint density at radius 2 is 2.00 bits per heavy atom. The Morgan fingerprint density at radius 1 is 1.32 bits per heavy atom. The first kappa shape index (κ1) is 16.1. The number of aromatic nitrogens is 3. The summed E-state index contributed by atoms with van der Waals surface area (Å²) in [4.78, 5) is 25.1. The van der Waals surface area contributed by atoms with Gasteiger partial charge in [0, 0.05) is 5.54 Å². The van der Waals surface area contributed by atoms with Crippen molar-refractivity contribution in [3.63, 3.8) is 0 Å². The van der Waals surface area contributed by atoms with E-state index < -0.39 is 0 Å². The molecule has 0 spiro atoms. The van der Waals surface area contributed by atoms with Gasteiger partial charge in [-0.05, 0) is 32.9 Å². The summed E-state index contributed by atoms with van der Waals surface area (Å²) in [6.07, 6.45) is 0. The van der Waals surface area contributed by atoms with E-state index in [0.29, 0.717) is 10.9 Å². The number of quaternary nitrogens is 1. The van der Waals surface area contributed by atoms with Gasteiger partial charge in [-0.1, -0.05) is 17.3 Å². The lowest BCUT2D eigenvalue weighted by atomic mass is 10.1. The maximum Gasteiger partial charge on any atom is 0.282 e. The van der Waals surface area contributed by atoms with Gasteiger partial charge in [0.1, 0.15) is 5.52 Å². The number of nitrogens with zero attached hydrogens (tertiary/aromatic N) is 3. The number of carbonyl (C=O) groups is 1. The first-order chi connectivity index (χ1) is 10.3. The maximum atomic E-state index is 12.3. The third kappa shape index (κ3) is 4.11. The van der Waals surface area contributed by atoms with Crippen molar-refractivity contribution in [3.8, 4) is 0 Å². The lowest BCUT2D eigenvalue weighted by Gasteiger charge is -2.21. The standard InChI is InChI=1S/C15H21N5O2/c1-15(2,3)16-13(21)9-19(4)10-20-14(22)11-7-5-6-8-12(11)17-18-20/h5-8H,9-10H2,1-4H3,(H,16,21)/p+1. The summed E-state index contributed by atoms with van der Waals surface area (Å²) in [5, 5.41) is 11.4. The SMILES string of the molecule is C[NH+](CC(=O)NC(C)(C)C)Cn1nnc2ccccc2c1=O. The number of benzene rings is 1. The number of likely N-dealkylation sites (N-methyl/N-ethyl adjacent to an activating group) is 1. The second kappa shape index (κ2) is 6.23. The number of fused-ring (bicyclic) bond motifs is 1. The molecule has 22 heavy (non-hydrogen) atoms. The summed E-state index contributed by atoms with van der Waals surface area (Å²) in [6.45, 7) is 6.34. The van der Waals surface area contributed by atoms with Crippen LogP contribution in [0, 0.1) is 0 Å². The van der Waals surface area contributed by atoms with Crippen molar-refractivity contribution in [1.29, 1.82) is 0 Å². The molecule has 0 aliphatic rings. The van der Waals surface area contributed by atoms with Crippen LogP contribution < -0.4 is 15.8 Å². The van der Waals surface area contributed by atoms with Crippen LogP contribution in [0.25, 0.3) is 10.9 Å². The van der Waals surface area contributed by atoms with Crippen molar-refractivity contribution in [3.05, 3.63) is 34.6 Å². The first-order valence-corrected chi connectivity index (χ1v) is 7.21. The zero-order valence-corrected chi connectivity index (χ0v) is 13.4. The third-order valence-corrected chi connectivity index (χ3v) is 3.03. The molecule has 0 saturated heterocycles. The number of nitrogens with one attached hydrogen (secondary N) is 2. The van der Waals surface area contributed by atoms with Crippen LogP contribution >= 0.6 is 0 Å². The molecule has 1 atom stereocenters. The van der Waals surface area contributed by atoms with E-state index in [1.807, 2.05) is 33.9 Å². The molecule has 7 nitrogen and oxygen atoms in total. The highest BCUT2D eigenvalue weighted by Crippen LogP contribution is 2.02. The molecule has 2 aromatic rings. The zero-order chi connectivity index (χ0) is 16.3. The van der Waals surface area contributed by atoms with Gasteiger partial charge in [-0.2, -0.15) is 4.68 Å². The van der Waals surface area contributed by atoms with E-state index in [9.17, 15) is 9.59 Å². The van der Waals surface area contributed by atoms with Crippen LogP contribution in [-0.4, -0.2) is 40.0 Å². The molecule has 0 radical (unpaired) electrons. The minimum Gasteiger partial charge on any atom is -0.347 e. The van der Waals surface area contributed by atoms with Crippen LogP contribution in [0.2, 0.25) is 0 Å². The minimum atomic E-state index is -0.267. The summed E-state index contributed by atoms with van der Waals surface area (Å²) in [6, 6.07) is 7.09. The van der Waals surface area contributed by atoms with Crippen molar-refractivity contribution in [1.82, 2.24) is 20.3 Å². The predicted octanol–water partition coefficient (Wildman–Crippen LogP) is -0.822. The molecular weight excluding hydrogens is 282 g/mol. The van der Waals surface area contributed by atoms with Gasteiger partial charge >= 0.3 is 0 Å². The smallest absolute Gasteiger partial charge is 0.282 e. The van der Waals surface area contributed by atoms with Crippen LogP contribution in [-0.2, 0) is 11.5 Å². The Labute approximate surface area is 128 Å². The molecule has 0 fully saturated rings. The first-order valence-electron chi connectivity index (χ1n) is 7.21. The van der Waals surface area contributed by atoms with E-state index in [4.69, 9.17) is 0 Å². The molecule has 7 heteroatoms. The molecule has 0 aliphatic carbocycles. The fourth-order valence-corrected chi connectivity index (χ4v) is 2.18.